The summed E-state index contributed by atoms with van der Waals surface area (Å²) in [6, 6.07) is 6.59. The Bertz CT molecular complexity index is 785. The minimum atomic E-state index is -0.529. The Kier molecular flexibility index (Phi) is 4.39. The minimum Gasteiger partial charge on any atom is -0.373 e. The monoisotopic (exact) mass is 345 g/mol. The summed E-state index contributed by atoms with van der Waals surface area (Å²) in [5.74, 6) is -0.623. The van der Waals surface area contributed by atoms with Gasteiger partial charge in [-0.3, -0.25) is 9.59 Å². The van der Waals surface area contributed by atoms with E-state index in [0.717, 1.165) is 23.5 Å². The van der Waals surface area contributed by atoms with Crippen LogP contribution in [-0.2, 0) is 4.79 Å². The molecule has 0 spiro atoms. The number of rotatable bonds is 7. The van der Waals surface area contributed by atoms with E-state index in [4.69, 9.17) is 11.5 Å². The number of aromatic nitrogens is 1. The maximum absolute atomic E-state index is 11.7. The second kappa shape index (κ2) is 6.48. The molecule has 1 fully saturated rings. The number of benzene rings is 1. The molecule has 8 heteroatoms. The molecule has 1 heterocycles. The zero-order chi connectivity index (χ0) is 17.3. The molecule has 1 aliphatic rings. The van der Waals surface area contributed by atoms with Gasteiger partial charge in [0.2, 0.25) is 5.91 Å². The molecular weight excluding hydrogens is 326 g/mol. The van der Waals surface area contributed by atoms with E-state index in [1.165, 1.54) is 11.5 Å². The lowest BCUT2D eigenvalue weighted by Crippen LogP contribution is -2.37. The predicted molar refractivity (Wildman–Crippen MR) is 94.4 cm³/mol. The van der Waals surface area contributed by atoms with Crippen LogP contribution in [0.5, 0.6) is 0 Å². The zero-order valence-electron chi connectivity index (χ0n) is 13.2. The summed E-state index contributed by atoms with van der Waals surface area (Å²) >= 11 is 1.30. The molecule has 126 valence electrons. The highest BCUT2D eigenvalue weighted by Gasteiger charge is 2.35. The average Bonchev–Trinajstić information content (AvgIpc) is 3.27. The van der Waals surface area contributed by atoms with Gasteiger partial charge in [-0.25, -0.2) is 0 Å². The lowest BCUT2D eigenvalue weighted by atomic mass is 10.1. The Morgan fingerprint density at radius 2 is 2.04 bits per heavy atom. The lowest BCUT2D eigenvalue weighted by Gasteiger charge is -2.18. The molecule has 24 heavy (non-hydrogen) atoms. The standard InChI is InChI=1S/C16H19N5O2S/c1-8-6-13(24-21-8)20-12-7-10(4-5-11(12)15(17)22)19-14(16(18)23)9-2-3-9/h4-7,9,14,19-20H,2-3H2,1H3,(H2,17,22)(H2,18,23)/t14-/m1/s1. The molecule has 6 N–H and O–H groups in total. The van der Waals surface area contributed by atoms with Crippen LogP contribution in [0.3, 0.4) is 0 Å². The van der Waals surface area contributed by atoms with Gasteiger partial charge in [0.25, 0.3) is 5.91 Å². The number of primary amides is 2. The first kappa shape index (κ1) is 16.3. The summed E-state index contributed by atoms with van der Waals surface area (Å²) in [5, 5.41) is 7.13. The fourth-order valence-electron chi connectivity index (χ4n) is 2.54. The Hall–Kier alpha value is -2.61. The molecule has 1 aromatic carbocycles. The van der Waals surface area contributed by atoms with Crippen LogP contribution < -0.4 is 22.1 Å². The van der Waals surface area contributed by atoms with Gasteiger partial charge < -0.3 is 22.1 Å². The van der Waals surface area contributed by atoms with Crippen LogP contribution in [0.1, 0.15) is 28.9 Å². The highest BCUT2D eigenvalue weighted by Crippen LogP contribution is 2.35. The number of nitrogens with zero attached hydrogens (tertiary/aromatic N) is 1. The van der Waals surface area contributed by atoms with Crippen molar-refractivity contribution in [1.29, 1.82) is 0 Å². The number of nitrogens with one attached hydrogen (secondary N) is 2. The summed E-state index contributed by atoms with van der Waals surface area (Å²) in [4.78, 5) is 23.3. The van der Waals surface area contributed by atoms with Gasteiger partial charge >= 0.3 is 0 Å². The zero-order valence-corrected chi connectivity index (χ0v) is 14.0. The molecule has 0 unspecified atom stereocenters. The molecule has 3 rings (SSSR count). The van der Waals surface area contributed by atoms with Crippen LogP contribution in [0.2, 0.25) is 0 Å². The molecule has 2 aromatic rings. The molecular formula is C16H19N5O2S. The third-order valence-electron chi connectivity index (χ3n) is 3.89. The van der Waals surface area contributed by atoms with Crippen LogP contribution >= 0.6 is 11.5 Å². The van der Waals surface area contributed by atoms with Crippen molar-refractivity contribution in [2.45, 2.75) is 25.8 Å². The van der Waals surface area contributed by atoms with Crippen molar-refractivity contribution >= 4 is 39.7 Å². The number of carbonyl (C=O) groups is 2. The van der Waals surface area contributed by atoms with Gasteiger partial charge in [0.15, 0.2) is 0 Å². The van der Waals surface area contributed by atoms with Gasteiger partial charge in [0.1, 0.15) is 11.0 Å². The van der Waals surface area contributed by atoms with Crippen LogP contribution in [0.4, 0.5) is 16.4 Å². The van der Waals surface area contributed by atoms with Crippen molar-refractivity contribution in [3.63, 3.8) is 0 Å². The maximum Gasteiger partial charge on any atom is 0.250 e. The van der Waals surface area contributed by atoms with Gasteiger partial charge in [0, 0.05) is 5.69 Å². The molecule has 1 aliphatic carbocycles. The lowest BCUT2D eigenvalue weighted by molar-refractivity contribution is -0.119. The number of anilines is 3. The smallest absolute Gasteiger partial charge is 0.250 e. The van der Waals surface area contributed by atoms with Gasteiger partial charge in [0.05, 0.1) is 16.9 Å². The summed E-state index contributed by atoms with van der Waals surface area (Å²) in [7, 11) is 0. The van der Waals surface area contributed by atoms with Crippen molar-refractivity contribution in [1.82, 2.24) is 4.37 Å². The van der Waals surface area contributed by atoms with Crippen molar-refractivity contribution in [3.8, 4) is 0 Å². The second-order valence-corrected chi connectivity index (χ2v) is 6.75. The molecule has 1 atom stereocenters. The predicted octanol–water partition coefficient (Wildman–Crippen LogP) is 1.97. The Balaban J connectivity index is 1.87. The third kappa shape index (κ3) is 3.65. The molecule has 0 aliphatic heterocycles. The number of hydrogen-bond acceptors (Lipinski definition) is 6. The Morgan fingerprint density at radius 3 is 2.58 bits per heavy atom. The van der Waals surface area contributed by atoms with Gasteiger partial charge in [-0.15, -0.1) is 0 Å². The number of amides is 2. The molecule has 0 radical (unpaired) electrons. The fraction of sp³-hybridized carbons (Fsp3) is 0.312. The van der Waals surface area contributed by atoms with Crippen LogP contribution in [0, 0.1) is 12.8 Å². The van der Waals surface area contributed by atoms with Crippen LogP contribution in [0.15, 0.2) is 24.3 Å². The number of hydrogen-bond donors (Lipinski definition) is 4. The van der Waals surface area contributed by atoms with E-state index in [0.29, 0.717) is 16.9 Å². The maximum atomic E-state index is 11.7. The van der Waals surface area contributed by atoms with E-state index in [-0.39, 0.29) is 11.8 Å². The highest BCUT2D eigenvalue weighted by molar-refractivity contribution is 7.10. The summed E-state index contributed by atoms with van der Waals surface area (Å²) in [5.41, 5.74) is 13.4. The van der Waals surface area contributed by atoms with Gasteiger partial charge in [-0.05, 0) is 61.5 Å². The molecule has 2 amide bonds. The van der Waals surface area contributed by atoms with E-state index in [2.05, 4.69) is 15.0 Å². The average molecular weight is 345 g/mol. The van der Waals surface area contributed by atoms with E-state index in [1.54, 1.807) is 18.2 Å². The van der Waals surface area contributed by atoms with Crippen molar-refractivity contribution in [2.75, 3.05) is 10.6 Å². The Labute approximate surface area is 143 Å². The van der Waals surface area contributed by atoms with E-state index >= 15 is 0 Å². The minimum absolute atomic E-state index is 0.277. The molecule has 7 nitrogen and oxygen atoms in total. The van der Waals surface area contributed by atoms with Crippen molar-refractivity contribution in [2.24, 2.45) is 17.4 Å². The first-order valence-corrected chi connectivity index (χ1v) is 8.41. The van der Waals surface area contributed by atoms with Gasteiger partial charge in [-0.2, -0.15) is 4.37 Å². The van der Waals surface area contributed by atoms with E-state index in [9.17, 15) is 9.59 Å². The van der Waals surface area contributed by atoms with Crippen LogP contribution in [0.25, 0.3) is 0 Å². The van der Waals surface area contributed by atoms with Crippen LogP contribution in [-0.4, -0.2) is 22.2 Å². The summed E-state index contributed by atoms with van der Waals surface area (Å²) in [6.45, 7) is 1.89. The second-order valence-electron chi connectivity index (χ2n) is 5.94. The third-order valence-corrected chi connectivity index (χ3v) is 4.69. The first-order valence-electron chi connectivity index (χ1n) is 7.64. The molecule has 1 saturated carbocycles. The van der Waals surface area contributed by atoms with E-state index in [1.807, 2.05) is 13.0 Å². The first-order chi connectivity index (χ1) is 11.4. The van der Waals surface area contributed by atoms with E-state index < -0.39 is 11.9 Å². The molecule has 1 aromatic heterocycles. The van der Waals surface area contributed by atoms with Crippen molar-refractivity contribution < 1.29 is 9.59 Å². The quantitative estimate of drug-likeness (QED) is 0.611. The molecule has 0 saturated heterocycles. The largest absolute Gasteiger partial charge is 0.373 e. The molecule has 0 bridgehead atoms. The number of aryl methyl sites for hydroxylation is 1. The van der Waals surface area contributed by atoms with Crippen molar-refractivity contribution in [3.05, 3.63) is 35.5 Å². The number of carbonyl (C=O) groups excluding carboxylic acids is 2. The topological polar surface area (TPSA) is 123 Å². The summed E-state index contributed by atoms with van der Waals surface area (Å²) in [6.07, 6.45) is 1.98. The SMILES string of the molecule is Cc1cc(Nc2cc(N[C@@H](C(N)=O)C3CC3)ccc2C(N)=O)sn1. The highest BCUT2D eigenvalue weighted by atomic mass is 32.1. The van der Waals surface area contributed by atoms with Gasteiger partial charge in [-0.1, -0.05) is 0 Å². The normalized spacial score (nSPS) is 14.9. The number of nitrogens with two attached hydrogens (primary N) is 2. The summed E-state index contributed by atoms with van der Waals surface area (Å²) < 4.78 is 4.20. The fourth-order valence-corrected chi connectivity index (χ4v) is 3.21. The Morgan fingerprint density at radius 1 is 1.29 bits per heavy atom.